The largest absolute Gasteiger partial charge is 0.478 e. The lowest BCUT2D eigenvalue weighted by molar-refractivity contribution is -0.161. The van der Waals surface area contributed by atoms with E-state index < -0.39 is 62.9 Å². The second-order valence-corrected chi connectivity index (χ2v) is 14.3. The molecule has 5 N–H and O–H groups in total. The second kappa shape index (κ2) is 12.2. The molecular weight excluding hydrogens is 700 g/mol. The number of fused-ring (bicyclic) bond motifs is 2. The molecule has 240 valence electrons. The average Bonchev–Trinajstić information content (AvgIpc) is 3.40. The topological polar surface area (TPSA) is 239 Å². The molecule has 1 aromatic heterocycles. The fourth-order valence-corrected chi connectivity index (χ4v) is 8.19. The molecule has 1 saturated carbocycles. The van der Waals surface area contributed by atoms with Crippen molar-refractivity contribution in [3.8, 4) is 0 Å². The number of oxime groups is 1. The number of rotatable bonds is 9. The van der Waals surface area contributed by atoms with E-state index in [4.69, 9.17) is 10.6 Å². The number of anilines is 1. The van der Waals surface area contributed by atoms with Gasteiger partial charge in [-0.15, -0.1) is 23.1 Å². The zero-order valence-electron chi connectivity index (χ0n) is 23.7. The summed E-state index contributed by atoms with van der Waals surface area (Å²) in [4.78, 5) is 98.5. The Balaban J connectivity index is 1.33. The molecule has 3 amide bonds. The zero-order chi connectivity index (χ0) is 33.0. The van der Waals surface area contributed by atoms with Gasteiger partial charge in [0.2, 0.25) is 17.3 Å². The maximum Gasteiger partial charge on any atom is 0.352 e. The molecular formula is C26H27BrN6O10S2. The standard InChI is InChI=1S/C26H27BrN6O10S2/c1-26(2,24(41)42)43-31-16(12-8-45-25(28)29-12)20(37)30-17-21(38)33-18(23(39)40)10(7-44-22(17)33)5-32-6-11-9(4-14(32)35)3-13(34)19(36)15(11)27/h8-9,11,15,17,22H,3-7H2,1-2H3,(H2,28,29)(H,30,37)(H,39,40)(H,41,42)/t9?,11?,15?,17?,22-/m0/s1. The molecule has 1 aliphatic carbocycles. The Morgan fingerprint density at radius 2 is 1.93 bits per heavy atom. The van der Waals surface area contributed by atoms with Gasteiger partial charge in [-0.2, -0.15) is 0 Å². The van der Waals surface area contributed by atoms with Crippen LogP contribution in [0.2, 0.25) is 0 Å². The molecule has 5 atom stereocenters. The first-order chi connectivity index (χ1) is 21.1. The summed E-state index contributed by atoms with van der Waals surface area (Å²) in [5, 5.41) is 26.3. The fraction of sp³-hybridized carbons (Fsp3) is 0.500. The summed E-state index contributed by atoms with van der Waals surface area (Å²) in [5.41, 5.74) is 3.43. The number of alkyl halides is 1. The number of likely N-dealkylation sites (tertiary alicyclic amines) is 1. The lowest BCUT2D eigenvalue weighted by Gasteiger charge is -2.50. The molecule has 3 fully saturated rings. The molecule has 16 nitrogen and oxygen atoms in total. The average molecular weight is 728 g/mol. The van der Waals surface area contributed by atoms with Gasteiger partial charge >= 0.3 is 11.9 Å². The number of thiazole rings is 1. The van der Waals surface area contributed by atoms with Crippen molar-refractivity contribution in [2.24, 2.45) is 17.0 Å². The lowest BCUT2D eigenvalue weighted by atomic mass is 9.73. The first-order valence-electron chi connectivity index (χ1n) is 13.5. The molecule has 4 heterocycles. The van der Waals surface area contributed by atoms with Gasteiger partial charge in [0.25, 0.3) is 11.8 Å². The van der Waals surface area contributed by atoms with Gasteiger partial charge in [-0.1, -0.05) is 21.1 Å². The van der Waals surface area contributed by atoms with Gasteiger partial charge in [0.15, 0.2) is 16.6 Å². The van der Waals surface area contributed by atoms with E-state index in [9.17, 15) is 43.8 Å². The maximum absolute atomic E-state index is 13.3. The first-order valence-corrected chi connectivity index (χ1v) is 16.4. The number of aliphatic carboxylic acids is 2. The SMILES string of the molecule is CC(C)(ON=C(C(=O)NC1C(=O)N2C(C(=O)O)=C(CN3CC4C(CC(=O)C(=O)C4Br)CC3=O)CS[C@@H]12)c1csc(N)n1)C(=O)O. The summed E-state index contributed by atoms with van der Waals surface area (Å²) in [7, 11) is 0. The molecule has 0 spiro atoms. The predicted octanol–water partition coefficient (Wildman–Crippen LogP) is -0.182. The fourth-order valence-electron chi connectivity index (χ4n) is 5.45. The number of thioether (sulfide) groups is 1. The number of ketones is 2. The van der Waals surface area contributed by atoms with Gasteiger partial charge in [0.05, 0.1) is 4.83 Å². The highest BCUT2D eigenvalue weighted by Crippen LogP contribution is 2.42. The van der Waals surface area contributed by atoms with E-state index in [-0.39, 0.29) is 65.9 Å². The Morgan fingerprint density at radius 1 is 1.22 bits per heavy atom. The van der Waals surface area contributed by atoms with Crippen LogP contribution in [0.25, 0.3) is 0 Å². The molecule has 45 heavy (non-hydrogen) atoms. The highest BCUT2D eigenvalue weighted by atomic mass is 79.9. The number of carboxylic acid groups (broad SMARTS) is 2. The molecule has 0 bridgehead atoms. The quantitative estimate of drug-likeness (QED) is 0.0850. The van der Waals surface area contributed by atoms with Crippen LogP contribution < -0.4 is 11.1 Å². The number of nitrogen functional groups attached to an aromatic ring is 1. The van der Waals surface area contributed by atoms with Crippen LogP contribution in [0.1, 0.15) is 32.4 Å². The molecule has 1 aromatic rings. The van der Waals surface area contributed by atoms with Gasteiger partial charge in [0.1, 0.15) is 22.8 Å². The van der Waals surface area contributed by atoms with Crippen molar-refractivity contribution in [3.63, 3.8) is 0 Å². The molecule has 4 unspecified atom stereocenters. The zero-order valence-corrected chi connectivity index (χ0v) is 26.9. The third-order valence-electron chi connectivity index (χ3n) is 7.95. The van der Waals surface area contributed by atoms with Crippen LogP contribution in [0.5, 0.6) is 0 Å². The normalized spacial score (nSPS) is 27.1. The van der Waals surface area contributed by atoms with Crippen LogP contribution in [0, 0.1) is 11.8 Å². The van der Waals surface area contributed by atoms with E-state index in [1.54, 1.807) is 0 Å². The Kier molecular flexibility index (Phi) is 8.80. The molecule has 0 aromatic carbocycles. The van der Waals surface area contributed by atoms with Crippen LogP contribution in [0.4, 0.5) is 5.13 Å². The minimum atomic E-state index is -1.80. The number of aromatic nitrogens is 1. The van der Waals surface area contributed by atoms with E-state index in [1.165, 1.54) is 35.9 Å². The number of hydrogen-bond acceptors (Lipinski definition) is 13. The van der Waals surface area contributed by atoms with Crippen molar-refractivity contribution < 1.29 is 48.6 Å². The number of nitrogens with two attached hydrogens (primary N) is 1. The van der Waals surface area contributed by atoms with Crippen molar-refractivity contribution in [2.45, 2.75) is 48.5 Å². The Hall–Kier alpha value is -3.84. The third kappa shape index (κ3) is 6.07. The maximum atomic E-state index is 13.3. The Bertz CT molecular complexity index is 1590. The summed E-state index contributed by atoms with van der Waals surface area (Å²) in [6.07, 6.45) is 0.0305. The second-order valence-electron chi connectivity index (χ2n) is 11.3. The summed E-state index contributed by atoms with van der Waals surface area (Å²) in [5.74, 6) is -6.23. The van der Waals surface area contributed by atoms with E-state index >= 15 is 0 Å². The monoisotopic (exact) mass is 726 g/mol. The number of β-lactam (4-membered cyclic amide) rings is 1. The minimum Gasteiger partial charge on any atom is -0.478 e. The van der Waals surface area contributed by atoms with Crippen molar-refractivity contribution in [2.75, 3.05) is 24.6 Å². The highest BCUT2D eigenvalue weighted by molar-refractivity contribution is 9.10. The summed E-state index contributed by atoms with van der Waals surface area (Å²) >= 11 is 5.47. The number of carbonyl (C=O) groups is 7. The number of piperidine rings is 1. The number of Topliss-reactive ketones (excluding diaryl/α,β-unsaturated/α-hetero) is 2. The number of nitrogens with one attached hydrogen (secondary N) is 1. The molecule has 0 radical (unpaired) electrons. The van der Waals surface area contributed by atoms with E-state index in [2.05, 4.69) is 31.4 Å². The number of halogens is 1. The smallest absolute Gasteiger partial charge is 0.352 e. The van der Waals surface area contributed by atoms with Gasteiger partial charge in [-0.05, 0) is 25.3 Å². The Labute approximate surface area is 271 Å². The van der Waals surface area contributed by atoms with Crippen molar-refractivity contribution in [1.82, 2.24) is 20.1 Å². The minimum absolute atomic E-state index is 0.00705. The van der Waals surface area contributed by atoms with Crippen LogP contribution in [-0.2, 0) is 38.4 Å². The van der Waals surface area contributed by atoms with Crippen LogP contribution in [0.3, 0.4) is 0 Å². The van der Waals surface area contributed by atoms with Gasteiger partial charge in [-0.3, -0.25) is 28.9 Å². The van der Waals surface area contributed by atoms with Gasteiger partial charge < -0.3 is 31.0 Å². The highest BCUT2D eigenvalue weighted by Gasteiger charge is 2.55. The van der Waals surface area contributed by atoms with Crippen LogP contribution >= 0.6 is 39.0 Å². The predicted molar refractivity (Wildman–Crippen MR) is 161 cm³/mol. The molecule has 2 saturated heterocycles. The van der Waals surface area contributed by atoms with Crippen molar-refractivity contribution in [1.29, 1.82) is 0 Å². The number of amides is 3. The first kappa shape index (κ1) is 32.6. The van der Waals surface area contributed by atoms with E-state index in [0.717, 1.165) is 16.2 Å². The summed E-state index contributed by atoms with van der Waals surface area (Å²) in [6.45, 7) is 2.48. The number of nitrogens with zero attached hydrogens (tertiary/aromatic N) is 4. The van der Waals surface area contributed by atoms with Crippen LogP contribution in [-0.4, -0.2) is 113 Å². The molecule has 3 aliphatic heterocycles. The number of carboxylic acids is 2. The van der Waals surface area contributed by atoms with Crippen LogP contribution in [0.15, 0.2) is 21.8 Å². The lowest BCUT2D eigenvalue weighted by Crippen LogP contribution is -2.71. The number of hydrogen-bond donors (Lipinski definition) is 4. The Morgan fingerprint density at radius 3 is 2.56 bits per heavy atom. The van der Waals surface area contributed by atoms with Gasteiger partial charge in [0, 0.05) is 43.0 Å². The van der Waals surface area contributed by atoms with Gasteiger partial charge in [-0.25, -0.2) is 14.6 Å². The summed E-state index contributed by atoms with van der Waals surface area (Å²) < 4.78 is 0. The molecule has 5 rings (SSSR count). The van der Waals surface area contributed by atoms with Crippen molar-refractivity contribution >= 4 is 91.1 Å². The van der Waals surface area contributed by atoms with E-state index in [1.807, 2.05) is 0 Å². The van der Waals surface area contributed by atoms with Crippen molar-refractivity contribution in [3.05, 3.63) is 22.3 Å². The molecule has 4 aliphatic rings. The molecule has 19 heteroatoms. The summed E-state index contributed by atoms with van der Waals surface area (Å²) in [6, 6.07) is -1.16. The van der Waals surface area contributed by atoms with E-state index in [0.29, 0.717) is 5.57 Å². The number of carbonyl (C=O) groups excluding carboxylic acids is 5. The third-order valence-corrected chi connectivity index (χ3v) is 11.1.